The molecule has 1 saturated heterocycles. The molecule has 5 heteroatoms. The normalized spacial score (nSPS) is 22.2. The quantitative estimate of drug-likeness (QED) is 0.405. The van der Waals surface area contributed by atoms with Gasteiger partial charge in [-0.1, -0.05) is 6.08 Å². The van der Waals surface area contributed by atoms with Gasteiger partial charge in [-0.25, -0.2) is 0 Å². The summed E-state index contributed by atoms with van der Waals surface area (Å²) in [5.74, 6) is 0.823. The molecule has 0 amide bonds. The topological polar surface area (TPSA) is 48.9 Å². The molecule has 0 radical (unpaired) electrons. The van der Waals surface area contributed by atoms with E-state index in [0.29, 0.717) is 6.54 Å². The maximum absolute atomic E-state index is 5.66. The van der Waals surface area contributed by atoms with Crippen LogP contribution in [0.4, 0.5) is 0 Å². The van der Waals surface area contributed by atoms with Gasteiger partial charge in [-0.15, -0.1) is 6.58 Å². The minimum absolute atomic E-state index is 0.202. The first-order valence-corrected chi connectivity index (χ1v) is 6.19. The third-order valence-corrected chi connectivity index (χ3v) is 2.55. The zero-order valence-corrected chi connectivity index (χ0v) is 10.9. The van der Waals surface area contributed by atoms with E-state index in [9.17, 15) is 0 Å². The molecule has 1 aliphatic rings. The van der Waals surface area contributed by atoms with Crippen LogP contribution in [0, 0.1) is 0 Å². The molecule has 1 aliphatic heterocycles. The van der Waals surface area contributed by atoms with Crippen LogP contribution in [0.1, 0.15) is 6.92 Å². The van der Waals surface area contributed by atoms with Gasteiger partial charge in [0.05, 0.1) is 19.3 Å². The van der Waals surface area contributed by atoms with Gasteiger partial charge in [-0.05, 0) is 14.0 Å². The lowest BCUT2D eigenvalue weighted by Crippen LogP contribution is -2.43. The molecule has 0 aromatic heterocycles. The first-order valence-electron chi connectivity index (χ1n) is 6.19. The maximum atomic E-state index is 5.66. The largest absolute Gasteiger partial charge is 0.374 e. The monoisotopic (exact) mass is 240 g/mol. The molecule has 5 nitrogen and oxygen atoms in total. The van der Waals surface area contributed by atoms with Crippen molar-refractivity contribution in [2.24, 2.45) is 4.99 Å². The summed E-state index contributed by atoms with van der Waals surface area (Å²) in [5, 5.41) is 6.36. The van der Waals surface area contributed by atoms with Crippen molar-refractivity contribution >= 4 is 5.96 Å². The summed E-state index contributed by atoms with van der Waals surface area (Å²) in [5.41, 5.74) is 0. The van der Waals surface area contributed by atoms with Crippen molar-refractivity contribution in [2.75, 3.05) is 46.4 Å². The Morgan fingerprint density at radius 1 is 1.59 bits per heavy atom. The first kappa shape index (κ1) is 14.0. The number of nitrogens with zero attached hydrogens (tertiary/aromatic N) is 2. The van der Waals surface area contributed by atoms with Gasteiger partial charge in [0.15, 0.2) is 5.96 Å². The second kappa shape index (κ2) is 8.08. The van der Waals surface area contributed by atoms with Crippen LogP contribution in [-0.4, -0.2) is 63.3 Å². The standard InChI is InChI=1S/C12H24N4O/c1-4-6-14-12(13-5-2)15-9-11-10-16(3)7-8-17-11/h4,11H,1,5-10H2,2-3H3,(H2,13,14,15). The molecule has 1 atom stereocenters. The minimum Gasteiger partial charge on any atom is -0.374 e. The second-order valence-corrected chi connectivity index (χ2v) is 4.14. The van der Waals surface area contributed by atoms with Crippen LogP contribution in [0.2, 0.25) is 0 Å². The Morgan fingerprint density at radius 3 is 3.06 bits per heavy atom. The fraction of sp³-hybridized carbons (Fsp3) is 0.750. The molecule has 0 spiro atoms. The Hall–Kier alpha value is -1.07. The number of nitrogens with one attached hydrogen (secondary N) is 2. The lowest BCUT2D eigenvalue weighted by Gasteiger charge is -2.29. The van der Waals surface area contributed by atoms with Gasteiger partial charge in [-0.3, -0.25) is 4.99 Å². The lowest BCUT2D eigenvalue weighted by atomic mass is 10.3. The van der Waals surface area contributed by atoms with Gasteiger partial charge >= 0.3 is 0 Å². The fourth-order valence-corrected chi connectivity index (χ4v) is 1.68. The number of morpholine rings is 1. The summed E-state index contributed by atoms with van der Waals surface area (Å²) in [4.78, 5) is 6.78. The number of likely N-dealkylation sites (N-methyl/N-ethyl adjacent to an activating group) is 1. The van der Waals surface area contributed by atoms with E-state index in [0.717, 1.165) is 38.7 Å². The van der Waals surface area contributed by atoms with Crippen molar-refractivity contribution in [3.63, 3.8) is 0 Å². The van der Waals surface area contributed by atoms with Gasteiger partial charge in [-0.2, -0.15) is 0 Å². The van der Waals surface area contributed by atoms with Crippen molar-refractivity contribution in [1.82, 2.24) is 15.5 Å². The van der Waals surface area contributed by atoms with Crippen LogP contribution in [0.15, 0.2) is 17.6 Å². The number of ether oxygens (including phenoxy) is 1. The predicted molar refractivity (Wildman–Crippen MR) is 71.4 cm³/mol. The molecule has 1 heterocycles. The highest BCUT2D eigenvalue weighted by atomic mass is 16.5. The van der Waals surface area contributed by atoms with Gasteiger partial charge in [0.25, 0.3) is 0 Å². The Bertz CT molecular complexity index is 255. The molecule has 0 aliphatic carbocycles. The minimum atomic E-state index is 0.202. The fourth-order valence-electron chi connectivity index (χ4n) is 1.68. The van der Waals surface area contributed by atoms with Crippen molar-refractivity contribution in [2.45, 2.75) is 13.0 Å². The summed E-state index contributed by atoms with van der Waals surface area (Å²) in [6.07, 6.45) is 2.02. The van der Waals surface area contributed by atoms with E-state index in [2.05, 4.69) is 41.1 Å². The van der Waals surface area contributed by atoms with Crippen LogP contribution >= 0.6 is 0 Å². The highest BCUT2D eigenvalue weighted by Crippen LogP contribution is 2.02. The molecule has 0 aromatic carbocycles. The molecule has 1 unspecified atom stereocenters. The number of rotatable bonds is 5. The smallest absolute Gasteiger partial charge is 0.191 e. The summed E-state index contributed by atoms with van der Waals surface area (Å²) >= 11 is 0. The lowest BCUT2D eigenvalue weighted by molar-refractivity contribution is -0.0136. The maximum Gasteiger partial charge on any atom is 0.191 e. The Kier molecular flexibility index (Phi) is 6.65. The number of hydrogen-bond donors (Lipinski definition) is 2. The number of hydrogen-bond acceptors (Lipinski definition) is 3. The van der Waals surface area contributed by atoms with Gasteiger partial charge in [0, 0.05) is 26.2 Å². The number of aliphatic imine (C=N–C) groups is 1. The summed E-state index contributed by atoms with van der Waals surface area (Å²) in [6.45, 7) is 10.8. The third kappa shape index (κ3) is 5.70. The highest BCUT2D eigenvalue weighted by Gasteiger charge is 2.17. The molecule has 0 aromatic rings. The molecule has 98 valence electrons. The Balaban J connectivity index is 2.37. The SMILES string of the molecule is C=CCNC(=NCC1CN(C)CCO1)NCC. The second-order valence-electron chi connectivity index (χ2n) is 4.14. The molecular formula is C12H24N4O. The van der Waals surface area contributed by atoms with E-state index in [-0.39, 0.29) is 6.10 Å². The molecule has 2 N–H and O–H groups in total. The molecule has 1 rings (SSSR count). The Labute approximate surface area is 104 Å². The molecule has 1 fully saturated rings. The highest BCUT2D eigenvalue weighted by molar-refractivity contribution is 5.79. The molecule has 0 bridgehead atoms. The van der Waals surface area contributed by atoms with Crippen LogP contribution in [0.3, 0.4) is 0 Å². The average molecular weight is 240 g/mol. The van der Waals surface area contributed by atoms with E-state index < -0.39 is 0 Å². The van der Waals surface area contributed by atoms with Crippen molar-refractivity contribution < 1.29 is 4.74 Å². The molecular weight excluding hydrogens is 216 g/mol. The van der Waals surface area contributed by atoms with Gasteiger partial charge < -0.3 is 20.3 Å². The predicted octanol–water partition coefficient (Wildman–Crippen LogP) is 0.0581. The van der Waals surface area contributed by atoms with Crippen molar-refractivity contribution in [1.29, 1.82) is 0 Å². The molecule has 0 saturated carbocycles. The summed E-state index contributed by atoms with van der Waals surface area (Å²) < 4.78 is 5.66. The zero-order chi connectivity index (χ0) is 12.5. The van der Waals surface area contributed by atoms with Crippen molar-refractivity contribution in [3.8, 4) is 0 Å². The summed E-state index contributed by atoms with van der Waals surface area (Å²) in [7, 11) is 2.11. The van der Waals surface area contributed by atoms with Gasteiger partial charge in [0.2, 0.25) is 0 Å². The van der Waals surface area contributed by atoms with Crippen LogP contribution in [0.25, 0.3) is 0 Å². The van der Waals surface area contributed by atoms with E-state index >= 15 is 0 Å². The van der Waals surface area contributed by atoms with Crippen molar-refractivity contribution in [3.05, 3.63) is 12.7 Å². The van der Waals surface area contributed by atoms with E-state index in [4.69, 9.17) is 4.74 Å². The first-order chi connectivity index (χ1) is 8.26. The third-order valence-electron chi connectivity index (χ3n) is 2.55. The van der Waals surface area contributed by atoms with E-state index in [1.807, 2.05) is 6.08 Å². The molecule has 17 heavy (non-hydrogen) atoms. The van der Waals surface area contributed by atoms with E-state index in [1.165, 1.54) is 0 Å². The van der Waals surface area contributed by atoms with Crippen LogP contribution in [-0.2, 0) is 4.74 Å². The van der Waals surface area contributed by atoms with E-state index in [1.54, 1.807) is 0 Å². The average Bonchev–Trinajstić information content (AvgIpc) is 2.33. The number of guanidine groups is 1. The van der Waals surface area contributed by atoms with Gasteiger partial charge in [0.1, 0.15) is 0 Å². The van der Waals surface area contributed by atoms with Crippen LogP contribution in [0.5, 0.6) is 0 Å². The summed E-state index contributed by atoms with van der Waals surface area (Å²) in [6, 6.07) is 0. The van der Waals surface area contributed by atoms with Crippen LogP contribution < -0.4 is 10.6 Å². The zero-order valence-electron chi connectivity index (χ0n) is 10.9. The Morgan fingerprint density at radius 2 is 2.41 bits per heavy atom.